The molecule has 2 aromatic rings. The molecule has 0 amide bonds. The lowest BCUT2D eigenvalue weighted by molar-refractivity contribution is 0.339. The Morgan fingerprint density at radius 1 is 0.842 bits per heavy atom. The monoisotopic (exact) mass is 291 g/mol. The van der Waals surface area contributed by atoms with Crippen LogP contribution < -0.4 is 5.32 Å². The minimum Gasteiger partial charge on any atom is -0.313 e. The van der Waals surface area contributed by atoms with Gasteiger partial charge < -0.3 is 5.32 Å². The van der Waals surface area contributed by atoms with Crippen molar-refractivity contribution >= 4 is 23.2 Å². The van der Waals surface area contributed by atoms with E-state index in [1.165, 1.54) is 17.5 Å². The Morgan fingerprint density at radius 2 is 1.26 bits per heavy atom. The van der Waals surface area contributed by atoms with Gasteiger partial charge in [-0.2, -0.15) is 0 Å². The molecule has 0 aromatic heterocycles. The summed E-state index contributed by atoms with van der Waals surface area (Å²) in [5.74, 6) is 0.364. The summed E-state index contributed by atoms with van der Waals surface area (Å²) >= 11 is 12.0. The van der Waals surface area contributed by atoms with Crippen LogP contribution in [0.3, 0.4) is 0 Å². The van der Waals surface area contributed by atoms with Crippen LogP contribution in [0.15, 0.2) is 48.5 Å². The molecule has 1 atom stereocenters. The Kier molecular flexibility index (Phi) is 3.79. The molecular weight excluding hydrogens is 277 g/mol. The van der Waals surface area contributed by atoms with Gasteiger partial charge in [-0.3, -0.25) is 0 Å². The van der Waals surface area contributed by atoms with E-state index in [2.05, 4.69) is 29.6 Å². The van der Waals surface area contributed by atoms with Crippen LogP contribution in [0.2, 0.25) is 10.0 Å². The highest BCUT2D eigenvalue weighted by atomic mass is 35.5. The van der Waals surface area contributed by atoms with Crippen molar-refractivity contribution in [3.8, 4) is 0 Å². The van der Waals surface area contributed by atoms with Gasteiger partial charge in [-0.25, -0.2) is 0 Å². The first-order valence-corrected chi connectivity index (χ1v) is 7.24. The summed E-state index contributed by atoms with van der Waals surface area (Å²) in [5, 5.41) is 5.06. The van der Waals surface area contributed by atoms with Gasteiger partial charge in [-0.05, 0) is 48.4 Å². The maximum atomic E-state index is 5.98. The van der Waals surface area contributed by atoms with Crippen molar-refractivity contribution in [1.29, 1.82) is 0 Å². The van der Waals surface area contributed by atoms with Gasteiger partial charge in [-0.1, -0.05) is 47.5 Å². The van der Waals surface area contributed by atoms with Crippen molar-refractivity contribution < 1.29 is 0 Å². The zero-order chi connectivity index (χ0) is 13.2. The average Bonchev–Trinajstić information content (AvgIpc) is 2.36. The first-order valence-electron chi connectivity index (χ1n) is 6.48. The quantitative estimate of drug-likeness (QED) is 0.879. The lowest BCUT2D eigenvalue weighted by atomic mass is 9.81. The molecule has 1 fully saturated rings. The van der Waals surface area contributed by atoms with Gasteiger partial charge in [0, 0.05) is 22.0 Å². The molecule has 1 N–H and O–H groups in total. The normalized spacial score (nSPS) is 18.4. The number of rotatable bonds is 3. The fraction of sp³-hybridized carbons (Fsp3) is 0.250. The molecule has 0 aliphatic carbocycles. The molecule has 19 heavy (non-hydrogen) atoms. The summed E-state index contributed by atoms with van der Waals surface area (Å²) in [6, 6.07) is 16.8. The van der Waals surface area contributed by atoms with Crippen molar-refractivity contribution in [3.63, 3.8) is 0 Å². The zero-order valence-electron chi connectivity index (χ0n) is 10.4. The highest BCUT2D eigenvalue weighted by Gasteiger charge is 2.29. The van der Waals surface area contributed by atoms with Gasteiger partial charge in [-0.15, -0.1) is 0 Å². The Morgan fingerprint density at radius 3 is 1.58 bits per heavy atom. The SMILES string of the molecule is Clc1ccc(C(c2ccc(Cl)cc2)C2CCN2)cc1. The van der Waals surface area contributed by atoms with Crippen LogP contribution in [0, 0.1) is 0 Å². The lowest BCUT2D eigenvalue weighted by Gasteiger charge is -2.36. The third kappa shape index (κ3) is 2.79. The van der Waals surface area contributed by atoms with E-state index in [-0.39, 0.29) is 0 Å². The molecule has 0 radical (unpaired) electrons. The molecule has 1 aliphatic rings. The average molecular weight is 292 g/mol. The van der Waals surface area contributed by atoms with Crippen molar-refractivity contribution in [2.24, 2.45) is 0 Å². The summed E-state index contributed by atoms with van der Waals surface area (Å²) in [6.45, 7) is 1.10. The van der Waals surface area contributed by atoms with E-state index in [0.717, 1.165) is 16.6 Å². The Bertz CT molecular complexity index is 498. The molecule has 1 heterocycles. The molecule has 2 aromatic carbocycles. The molecule has 1 saturated heterocycles. The molecule has 98 valence electrons. The van der Waals surface area contributed by atoms with Crippen molar-refractivity contribution in [2.75, 3.05) is 6.54 Å². The number of halogens is 2. The van der Waals surface area contributed by atoms with Crippen molar-refractivity contribution in [1.82, 2.24) is 5.32 Å². The molecular formula is C16H15Cl2N. The minimum atomic E-state index is 0.364. The molecule has 0 bridgehead atoms. The van der Waals surface area contributed by atoms with Gasteiger partial charge >= 0.3 is 0 Å². The predicted molar refractivity (Wildman–Crippen MR) is 81.2 cm³/mol. The van der Waals surface area contributed by atoms with E-state index in [0.29, 0.717) is 12.0 Å². The number of hydrogen-bond acceptors (Lipinski definition) is 1. The number of hydrogen-bond donors (Lipinski definition) is 1. The van der Waals surface area contributed by atoms with E-state index < -0.39 is 0 Å². The first kappa shape index (κ1) is 13.0. The van der Waals surface area contributed by atoms with Gasteiger partial charge in [0.25, 0.3) is 0 Å². The second-order valence-corrected chi connectivity index (χ2v) is 5.80. The largest absolute Gasteiger partial charge is 0.313 e. The first-order chi connectivity index (χ1) is 9.24. The van der Waals surface area contributed by atoms with E-state index in [1.54, 1.807) is 0 Å². The molecule has 0 spiro atoms. The van der Waals surface area contributed by atoms with Crippen LogP contribution in [0.1, 0.15) is 23.5 Å². The van der Waals surface area contributed by atoms with E-state index in [9.17, 15) is 0 Å². The van der Waals surface area contributed by atoms with Crippen LogP contribution in [0.4, 0.5) is 0 Å². The molecule has 1 unspecified atom stereocenters. The number of nitrogens with one attached hydrogen (secondary N) is 1. The molecule has 0 saturated carbocycles. The van der Waals surface area contributed by atoms with Crippen molar-refractivity contribution in [2.45, 2.75) is 18.4 Å². The second kappa shape index (κ2) is 5.54. The molecule has 1 aliphatic heterocycles. The Balaban J connectivity index is 1.97. The highest BCUT2D eigenvalue weighted by molar-refractivity contribution is 6.30. The van der Waals surface area contributed by atoms with Crippen LogP contribution in [0.5, 0.6) is 0 Å². The lowest BCUT2D eigenvalue weighted by Crippen LogP contribution is -2.47. The Labute approximate surface area is 123 Å². The zero-order valence-corrected chi connectivity index (χ0v) is 12.0. The van der Waals surface area contributed by atoms with Gasteiger partial charge in [0.1, 0.15) is 0 Å². The fourth-order valence-electron chi connectivity index (χ4n) is 2.59. The van der Waals surface area contributed by atoms with E-state index in [4.69, 9.17) is 23.2 Å². The third-order valence-electron chi connectivity index (χ3n) is 3.72. The van der Waals surface area contributed by atoms with Crippen LogP contribution in [-0.4, -0.2) is 12.6 Å². The summed E-state index contributed by atoms with van der Waals surface area (Å²) in [4.78, 5) is 0. The smallest absolute Gasteiger partial charge is 0.0406 e. The Hall–Kier alpha value is -1.02. The predicted octanol–water partition coefficient (Wildman–Crippen LogP) is 4.49. The second-order valence-electron chi connectivity index (χ2n) is 4.93. The molecule has 3 rings (SSSR count). The van der Waals surface area contributed by atoms with Gasteiger partial charge in [0.05, 0.1) is 0 Å². The summed E-state index contributed by atoms with van der Waals surface area (Å²) in [5.41, 5.74) is 2.59. The number of benzene rings is 2. The van der Waals surface area contributed by atoms with Crippen LogP contribution in [0.25, 0.3) is 0 Å². The maximum Gasteiger partial charge on any atom is 0.0406 e. The summed E-state index contributed by atoms with van der Waals surface area (Å²) in [7, 11) is 0. The summed E-state index contributed by atoms with van der Waals surface area (Å²) in [6.07, 6.45) is 1.20. The fourth-order valence-corrected chi connectivity index (χ4v) is 2.84. The summed E-state index contributed by atoms with van der Waals surface area (Å²) < 4.78 is 0. The highest BCUT2D eigenvalue weighted by Crippen LogP contribution is 2.33. The van der Waals surface area contributed by atoms with Gasteiger partial charge in [0.15, 0.2) is 0 Å². The van der Waals surface area contributed by atoms with Gasteiger partial charge in [0.2, 0.25) is 0 Å². The van der Waals surface area contributed by atoms with Crippen LogP contribution >= 0.6 is 23.2 Å². The molecule has 3 heteroatoms. The van der Waals surface area contributed by atoms with E-state index >= 15 is 0 Å². The third-order valence-corrected chi connectivity index (χ3v) is 4.23. The van der Waals surface area contributed by atoms with Crippen molar-refractivity contribution in [3.05, 3.63) is 69.7 Å². The van der Waals surface area contributed by atoms with Crippen LogP contribution in [-0.2, 0) is 0 Å². The van der Waals surface area contributed by atoms with E-state index in [1.807, 2.05) is 24.3 Å². The standard InChI is InChI=1S/C16H15Cl2N/c17-13-5-1-11(2-6-13)16(15-9-10-19-15)12-3-7-14(18)8-4-12/h1-8,15-16,19H,9-10H2. The minimum absolute atomic E-state index is 0.364. The maximum absolute atomic E-state index is 5.98. The molecule has 1 nitrogen and oxygen atoms in total. The topological polar surface area (TPSA) is 12.0 Å².